The molecule has 2 aromatic carbocycles. The fraction of sp³-hybridized carbons (Fsp3) is 0.350. The molecule has 5 nitrogen and oxygen atoms in total. The maximum Gasteiger partial charge on any atom is 0.191 e. The minimum Gasteiger partial charge on any atom is -0.497 e. The van der Waals surface area contributed by atoms with E-state index in [1.54, 1.807) is 14.2 Å². The van der Waals surface area contributed by atoms with Crippen LogP contribution in [0.2, 0.25) is 0 Å². The molecule has 0 saturated heterocycles. The minimum atomic E-state index is 0. The Labute approximate surface area is 173 Å². The van der Waals surface area contributed by atoms with Crippen molar-refractivity contribution in [3.8, 4) is 5.75 Å². The van der Waals surface area contributed by atoms with E-state index in [1.807, 2.05) is 18.2 Å². The Morgan fingerprint density at radius 1 is 1.00 bits per heavy atom. The van der Waals surface area contributed by atoms with Crippen LogP contribution < -0.4 is 15.4 Å². The van der Waals surface area contributed by atoms with Gasteiger partial charge >= 0.3 is 0 Å². The van der Waals surface area contributed by atoms with E-state index in [0.717, 1.165) is 30.4 Å². The second kappa shape index (κ2) is 11.7. The molecule has 2 aromatic rings. The van der Waals surface area contributed by atoms with Crippen LogP contribution in [0.1, 0.15) is 16.7 Å². The summed E-state index contributed by atoms with van der Waals surface area (Å²) in [4.78, 5) is 6.48. The molecule has 0 unspecified atom stereocenters. The number of aliphatic imine (C=N–C) groups is 1. The topological polar surface area (TPSA) is 48.9 Å². The third kappa shape index (κ3) is 7.21. The van der Waals surface area contributed by atoms with Crippen LogP contribution in [0.5, 0.6) is 5.75 Å². The van der Waals surface area contributed by atoms with Crippen LogP contribution in [0.4, 0.5) is 0 Å². The molecule has 0 fully saturated rings. The van der Waals surface area contributed by atoms with E-state index in [2.05, 4.69) is 65.0 Å². The molecule has 142 valence electrons. The molecule has 0 aromatic heterocycles. The molecule has 0 aliphatic carbocycles. The molecule has 26 heavy (non-hydrogen) atoms. The summed E-state index contributed by atoms with van der Waals surface area (Å²) in [5, 5.41) is 6.73. The number of nitrogens with zero attached hydrogens (tertiary/aromatic N) is 2. The van der Waals surface area contributed by atoms with E-state index < -0.39 is 0 Å². The van der Waals surface area contributed by atoms with Gasteiger partial charge in [-0.25, -0.2) is 0 Å². The summed E-state index contributed by atoms with van der Waals surface area (Å²) in [6.07, 6.45) is 0. The molecule has 6 heteroatoms. The Bertz CT molecular complexity index is 704. The number of nitrogens with one attached hydrogen (secondary N) is 2. The van der Waals surface area contributed by atoms with Gasteiger partial charge in [0.2, 0.25) is 0 Å². The highest BCUT2D eigenvalue weighted by Crippen LogP contribution is 2.12. The highest BCUT2D eigenvalue weighted by atomic mass is 127. The normalized spacial score (nSPS) is 11.0. The molecular formula is C20H29IN4O. The fourth-order valence-corrected chi connectivity index (χ4v) is 2.59. The van der Waals surface area contributed by atoms with Crippen molar-refractivity contribution < 1.29 is 4.74 Å². The molecule has 2 N–H and O–H groups in total. The Morgan fingerprint density at radius 2 is 1.69 bits per heavy atom. The number of ether oxygens (including phenoxy) is 1. The van der Waals surface area contributed by atoms with Gasteiger partial charge in [-0.05, 0) is 42.9 Å². The maximum atomic E-state index is 5.26. The van der Waals surface area contributed by atoms with Crippen molar-refractivity contribution in [3.05, 3.63) is 65.2 Å². The van der Waals surface area contributed by atoms with Crippen LogP contribution in [-0.4, -0.2) is 39.1 Å². The summed E-state index contributed by atoms with van der Waals surface area (Å²) in [5.41, 5.74) is 3.75. The van der Waals surface area contributed by atoms with E-state index in [-0.39, 0.29) is 24.0 Å². The van der Waals surface area contributed by atoms with Gasteiger partial charge in [-0.15, -0.1) is 24.0 Å². The Kier molecular flexibility index (Phi) is 10.0. The third-order valence-corrected chi connectivity index (χ3v) is 3.87. The van der Waals surface area contributed by atoms with E-state index in [0.29, 0.717) is 6.54 Å². The van der Waals surface area contributed by atoms with Crippen molar-refractivity contribution in [1.29, 1.82) is 0 Å². The summed E-state index contributed by atoms with van der Waals surface area (Å²) >= 11 is 0. The molecule has 0 heterocycles. The highest BCUT2D eigenvalue weighted by molar-refractivity contribution is 14.0. The number of hydrogen-bond acceptors (Lipinski definition) is 3. The molecular weight excluding hydrogens is 439 g/mol. The van der Waals surface area contributed by atoms with Crippen molar-refractivity contribution >= 4 is 29.9 Å². The second-order valence-electron chi connectivity index (χ2n) is 6.14. The van der Waals surface area contributed by atoms with Crippen molar-refractivity contribution in [1.82, 2.24) is 15.5 Å². The summed E-state index contributed by atoms with van der Waals surface area (Å²) in [6.45, 7) is 2.35. The first-order valence-corrected chi connectivity index (χ1v) is 8.41. The zero-order valence-electron chi connectivity index (χ0n) is 16.0. The predicted octanol–water partition coefficient (Wildman–Crippen LogP) is 3.24. The fourth-order valence-electron chi connectivity index (χ4n) is 2.59. The summed E-state index contributed by atoms with van der Waals surface area (Å²) in [5.74, 6) is 1.64. The van der Waals surface area contributed by atoms with Gasteiger partial charge in [0.25, 0.3) is 0 Å². The number of guanidine groups is 1. The number of rotatable bonds is 7. The van der Waals surface area contributed by atoms with Gasteiger partial charge in [-0.3, -0.25) is 4.99 Å². The van der Waals surface area contributed by atoms with Crippen molar-refractivity contribution in [2.24, 2.45) is 4.99 Å². The lowest BCUT2D eigenvalue weighted by atomic mass is 10.1. The van der Waals surface area contributed by atoms with Gasteiger partial charge in [0.05, 0.1) is 7.11 Å². The first kappa shape index (κ1) is 22.2. The molecule has 0 aliphatic rings. The van der Waals surface area contributed by atoms with Crippen molar-refractivity contribution in [2.45, 2.75) is 19.6 Å². The van der Waals surface area contributed by atoms with Crippen molar-refractivity contribution in [3.63, 3.8) is 0 Å². The molecule has 2 rings (SSSR count). The maximum absolute atomic E-state index is 5.26. The molecule has 0 amide bonds. The Hall–Kier alpha value is -1.80. The second-order valence-corrected chi connectivity index (χ2v) is 6.14. The van der Waals surface area contributed by atoms with Crippen LogP contribution in [0.15, 0.2) is 53.5 Å². The number of benzene rings is 2. The summed E-state index contributed by atoms with van der Waals surface area (Å²) in [7, 11) is 7.63. The lowest BCUT2D eigenvalue weighted by Crippen LogP contribution is -2.36. The molecule has 0 atom stereocenters. The van der Waals surface area contributed by atoms with Gasteiger partial charge in [0, 0.05) is 26.7 Å². The van der Waals surface area contributed by atoms with Crippen LogP contribution in [0, 0.1) is 0 Å². The molecule has 0 radical (unpaired) electrons. The van der Waals surface area contributed by atoms with E-state index in [9.17, 15) is 0 Å². The highest BCUT2D eigenvalue weighted by Gasteiger charge is 2.05. The summed E-state index contributed by atoms with van der Waals surface area (Å²) in [6, 6.07) is 16.5. The largest absolute Gasteiger partial charge is 0.497 e. The van der Waals surface area contributed by atoms with Crippen LogP contribution in [0.25, 0.3) is 0 Å². The molecule has 0 bridgehead atoms. The van der Waals surface area contributed by atoms with Gasteiger partial charge in [-0.2, -0.15) is 0 Å². The SMILES string of the molecule is CN=C(NCc1cccc(OC)c1)NCc1ccccc1CN(C)C.I. The molecule has 0 saturated carbocycles. The van der Waals surface area contributed by atoms with E-state index in [1.165, 1.54) is 11.1 Å². The third-order valence-electron chi connectivity index (χ3n) is 3.87. The first-order valence-electron chi connectivity index (χ1n) is 8.41. The van der Waals surface area contributed by atoms with Crippen LogP contribution in [0.3, 0.4) is 0 Å². The lowest BCUT2D eigenvalue weighted by molar-refractivity contribution is 0.400. The zero-order chi connectivity index (χ0) is 18.1. The molecule has 0 aliphatic heterocycles. The molecule has 0 spiro atoms. The Morgan fingerprint density at radius 3 is 2.35 bits per heavy atom. The van der Waals surface area contributed by atoms with Gasteiger partial charge < -0.3 is 20.3 Å². The summed E-state index contributed by atoms with van der Waals surface area (Å²) < 4.78 is 5.26. The van der Waals surface area contributed by atoms with Crippen molar-refractivity contribution in [2.75, 3.05) is 28.3 Å². The monoisotopic (exact) mass is 468 g/mol. The predicted molar refractivity (Wildman–Crippen MR) is 119 cm³/mol. The Balaban J connectivity index is 0.00000338. The number of hydrogen-bond donors (Lipinski definition) is 2. The van der Waals surface area contributed by atoms with E-state index >= 15 is 0 Å². The lowest BCUT2D eigenvalue weighted by Gasteiger charge is -2.16. The average molecular weight is 468 g/mol. The standard InChI is InChI=1S/C20H28N4O.HI/c1-21-20(22-13-16-8-7-11-19(12-16)25-4)23-14-17-9-5-6-10-18(17)15-24(2)3;/h5-12H,13-15H2,1-4H3,(H2,21,22,23);1H. The van der Waals surface area contributed by atoms with Gasteiger partial charge in [0.1, 0.15) is 5.75 Å². The smallest absolute Gasteiger partial charge is 0.191 e. The average Bonchev–Trinajstić information content (AvgIpc) is 2.62. The van der Waals surface area contributed by atoms with Crippen LogP contribution >= 0.6 is 24.0 Å². The zero-order valence-corrected chi connectivity index (χ0v) is 18.3. The number of halogens is 1. The van der Waals surface area contributed by atoms with Gasteiger partial charge in [0.15, 0.2) is 5.96 Å². The van der Waals surface area contributed by atoms with Gasteiger partial charge in [-0.1, -0.05) is 36.4 Å². The quantitative estimate of drug-likeness (QED) is 0.372. The van der Waals surface area contributed by atoms with E-state index in [4.69, 9.17) is 4.74 Å². The minimum absolute atomic E-state index is 0. The van der Waals surface area contributed by atoms with Crippen LogP contribution in [-0.2, 0) is 19.6 Å². The first-order chi connectivity index (χ1) is 12.1. The number of methoxy groups -OCH3 is 1.